The van der Waals surface area contributed by atoms with E-state index in [0.717, 1.165) is 13.1 Å². The summed E-state index contributed by atoms with van der Waals surface area (Å²) in [4.78, 5) is 2.62. The summed E-state index contributed by atoms with van der Waals surface area (Å²) in [5.41, 5.74) is 0.495. The van der Waals surface area contributed by atoms with Gasteiger partial charge in [0.25, 0.3) is 0 Å². The van der Waals surface area contributed by atoms with Crippen molar-refractivity contribution in [3.05, 3.63) is 0 Å². The van der Waals surface area contributed by atoms with Gasteiger partial charge in [-0.25, -0.2) is 0 Å². The van der Waals surface area contributed by atoms with Crippen molar-refractivity contribution >= 4 is 0 Å². The quantitative estimate of drug-likeness (QED) is 0.829. The minimum absolute atomic E-state index is 0.435. The predicted octanol–water partition coefficient (Wildman–Crippen LogP) is 2.65. The van der Waals surface area contributed by atoms with Crippen LogP contribution in [0.3, 0.4) is 0 Å². The molecule has 2 aliphatic rings. The Hall–Kier alpha value is -0.120. The molecule has 0 aromatic heterocycles. The van der Waals surface area contributed by atoms with Gasteiger partial charge in [0.2, 0.25) is 0 Å². The summed E-state index contributed by atoms with van der Waals surface area (Å²) in [7, 11) is 0. The number of piperidine rings is 1. The molecule has 2 aliphatic heterocycles. The Balaban J connectivity index is 1.70. The second-order valence-corrected chi connectivity index (χ2v) is 7.52. The summed E-state index contributed by atoms with van der Waals surface area (Å²) < 4.78 is 6.18. The maximum absolute atomic E-state index is 6.18. The van der Waals surface area contributed by atoms with Crippen molar-refractivity contribution in [1.82, 2.24) is 10.2 Å². The van der Waals surface area contributed by atoms with Crippen molar-refractivity contribution in [2.24, 2.45) is 5.41 Å². The van der Waals surface area contributed by atoms with Crippen LogP contribution in [-0.2, 0) is 4.74 Å². The SMILES string of the molecule is CC(C)NCC1CCC(CN2CCCC(C)(C)C2)O1. The maximum atomic E-state index is 6.18. The van der Waals surface area contributed by atoms with E-state index in [1.165, 1.54) is 38.8 Å². The van der Waals surface area contributed by atoms with Crippen LogP contribution in [0.25, 0.3) is 0 Å². The predicted molar refractivity (Wildman–Crippen MR) is 80.5 cm³/mol. The van der Waals surface area contributed by atoms with E-state index in [0.29, 0.717) is 23.7 Å². The number of hydrogen-bond donors (Lipinski definition) is 1. The lowest BCUT2D eigenvalue weighted by atomic mass is 9.84. The topological polar surface area (TPSA) is 24.5 Å². The molecule has 2 saturated heterocycles. The van der Waals surface area contributed by atoms with E-state index >= 15 is 0 Å². The first-order chi connectivity index (χ1) is 8.94. The second kappa shape index (κ2) is 6.55. The molecule has 0 bridgehead atoms. The summed E-state index contributed by atoms with van der Waals surface area (Å²) >= 11 is 0. The summed E-state index contributed by atoms with van der Waals surface area (Å²) in [6.07, 6.45) is 6.08. The van der Waals surface area contributed by atoms with Gasteiger partial charge in [0.15, 0.2) is 0 Å². The van der Waals surface area contributed by atoms with Crippen LogP contribution >= 0.6 is 0 Å². The van der Waals surface area contributed by atoms with Gasteiger partial charge < -0.3 is 15.0 Å². The molecule has 19 heavy (non-hydrogen) atoms. The molecule has 2 fully saturated rings. The van der Waals surface area contributed by atoms with Gasteiger partial charge in [-0.15, -0.1) is 0 Å². The number of hydrogen-bond acceptors (Lipinski definition) is 3. The smallest absolute Gasteiger partial charge is 0.0707 e. The van der Waals surface area contributed by atoms with Gasteiger partial charge in [-0.1, -0.05) is 27.7 Å². The molecular weight excluding hydrogens is 236 g/mol. The average molecular weight is 268 g/mol. The molecule has 0 amide bonds. The van der Waals surface area contributed by atoms with Crippen LogP contribution in [0, 0.1) is 5.41 Å². The third-order valence-electron chi connectivity index (χ3n) is 4.39. The minimum Gasteiger partial charge on any atom is -0.372 e. The van der Waals surface area contributed by atoms with Gasteiger partial charge in [-0.3, -0.25) is 0 Å². The van der Waals surface area contributed by atoms with Crippen molar-refractivity contribution in [3.8, 4) is 0 Å². The standard InChI is InChI=1S/C16H32N2O/c1-13(2)17-10-14-6-7-15(19-14)11-18-9-5-8-16(3,4)12-18/h13-15,17H,5-12H2,1-4H3. The first-order valence-electron chi connectivity index (χ1n) is 8.06. The van der Waals surface area contributed by atoms with Crippen molar-refractivity contribution in [1.29, 1.82) is 0 Å². The molecule has 0 aromatic carbocycles. The number of likely N-dealkylation sites (tertiary alicyclic amines) is 1. The Morgan fingerprint density at radius 2 is 2.00 bits per heavy atom. The highest BCUT2D eigenvalue weighted by Crippen LogP contribution is 2.29. The van der Waals surface area contributed by atoms with E-state index < -0.39 is 0 Å². The second-order valence-electron chi connectivity index (χ2n) is 7.52. The van der Waals surface area contributed by atoms with E-state index in [-0.39, 0.29) is 0 Å². The number of nitrogens with zero attached hydrogens (tertiary/aromatic N) is 1. The van der Waals surface area contributed by atoms with Crippen molar-refractivity contribution in [2.75, 3.05) is 26.2 Å². The summed E-state index contributed by atoms with van der Waals surface area (Å²) in [5, 5.41) is 3.49. The van der Waals surface area contributed by atoms with Gasteiger partial charge in [-0.05, 0) is 37.6 Å². The number of rotatable bonds is 5. The van der Waals surface area contributed by atoms with Crippen LogP contribution in [0.1, 0.15) is 53.4 Å². The fourth-order valence-corrected chi connectivity index (χ4v) is 3.42. The molecule has 0 spiro atoms. The number of nitrogens with one attached hydrogen (secondary N) is 1. The zero-order valence-electron chi connectivity index (χ0n) is 13.2. The van der Waals surface area contributed by atoms with E-state index in [9.17, 15) is 0 Å². The van der Waals surface area contributed by atoms with E-state index in [1.807, 2.05) is 0 Å². The van der Waals surface area contributed by atoms with Crippen LogP contribution in [0.15, 0.2) is 0 Å². The fourth-order valence-electron chi connectivity index (χ4n) is 3.42. The highest BCUT2D eigenvalue weighted by atomic mass is 16.5. The van der Waals surface area contributed by atoms with E-state index in [1.54, 1.807) is 0 Å². The van der Waals surface area contributed by atoms with Crippen molar-refractivity contribution in [2.45, 2.75) is 71.6 Å². The highest BCUT2D eigenvalue weighted by molar-refractivity contribution is 4.84. The molecule has 2 atom stereocenters. The molecule has 1 N–H and O–H groups in total. The van der Waals surface area contributed by atoms with Gasteiger partial charge in [-0.2, -0.15) is 0 Å². The lowest BCUT2D eigenvalue weighted by molar-refractivity contribution is 0.00642. The van der Waals surface area contributed by atoms with E-state index in [2.05, 4.69) is 37.9 Å². The molecule has 112 valence electrons. The molecule has 3 heteroatoms. The Morgan fingerprint density at radius 3 is 2.68 bits per heavy atom. The molecule has 2 unspecified atom stereocenters. The Kier molecular flexibility index (Phi) is 5.27. The number of ether oxygens (including phenoxy) is 1. The van der Waals surface area contributed by atoms with Crippen LogP contribution in [0.2, 0.25) is 0 Å². The van der Waals surface area contributed by atoms with Crippen LogP contribution in [0.5, 0.6) is 0 Å². The van der Waals surface area contributed by atoms with Crippen LogP contribution in [-0.4, -0.2) is 49.3 Å². The lowest BCUT2D eigenvalue weighted by Crippen LogP contribution is -2.43. The average Bonchev–Trinajstić information content (AvgIpc) is 2.73. The van der Waals surface area contributed by atoms with Gasteiger partial charge >= 0.3 is 0 Å². The normalized spacial score (nSPS) is 32.1. The largest absolute Gasteiger partial charge is 0.372 e. The monoisotopic (exact) mass is 268 g/mol. The lowest BCUT2D eigenvalue weighted by Gasteiger charge is -2.39. The molecule has 0 saturated carbocycles. The van der Waals surface area contributed by atoms with Crippen molar-refractivity contribution < 1.29 is 4.74 Å². The summed E-state index contributed by atoms with van der Waals surface area (Å²) in [6, 6.07) is 0.561. The summed E-state index contributed by atoms with van der Waals surface area (Å²) in [6.45, 7) is 13.8. The molecule has 0 aromatic rings. The van der Waals surface area contributed by atoms with Crippen molar-refractivity contribution in [3.63, 3.8) is 0 Å². The third kappa shape index (κ3) is 5.05. The molecule has 3 nitrogen and oxygen atoms in total. The first-order valence-corrected chi connectivity index (χ1v) is 8.06. The van der Waals surface area contributed by atoms with E-state index in [4.69, 9.17) is 4.74 Å². The fraction of sp³-hybridized carbons (Fsp3) is 1.00. The van der Waals surface area contributed by atoms with Gasteiger partial charge in [0.1, 0.15) is 0 Å². The summed E-state index contributed by atoms with van der Waals surface area (Å²) in [5.74, 6) is 0. The Labute approximate surface area is 119 Å². The molecule has 0 aliphatic carbocycles. The van der Waals surface area contributed by atoms with Crippen LogP contribution in [0.4, 0.5) is 0 Å². The highest BCUT2D eigenvalue weighted by Gasteiger charge is 2.31. The Bertz CT molecular complexity index is 278. The first kappa shape index (κ1) is 15.3. The zero-order valence-corrected chi connectivity index (χ0v) is 13.2. The Morgan fingerprint density at radius 1 is 1.26 bits per heavy atom. The van der Waals surface area contributed by atoms with Gasteiger partial charge in [0.05, 0.1) is 12.2 Å². The third-order valence-corrected chi connectivity index (χ3v) is 4.39. The minimum atomic E-state index is 0.435. The molecule has 2 rings (SSSR count). The van der Waals surface area contributed by atoms with Crippen LogP contribution < -0.4 is 5.32 Å². The molecule has 0 radical (unpaired) electrons. The molecular formula is C16H32N2O. The van der Waals surface area contributed by atoms with Gasteiger partial charge in [0, 0.05) is 25.7 Å². The molecule has 2 heterocycles. The zero-order chi connectivity index (χ0) is 13.9. The maximum Gasteiger partial charge on any atom is 0.0707 e.